The summed E-state index contributed by atoms with van der Waals surface area (Å²) >= 11 is 0. The maximum absolute atomic E-state index is 4.89. The molecule has 3 heterocycles. The highest BCUT2D eigenvalue weighted by Gasteiger charge is 2.25. The first kappa shape index (κ1) is 16.9. The third-order valence-corrected chi connectivity index (χ3v) is 4.96. The fraction of sp³-hybridized carbons (Fsp3) is 0.474. The molecule has 7 heteroatoms. The van der Waals surface area contributed by atoms with Gasteiger partial charge < -0.3 is 4.90 Å². The van der Waals surface area contributed by atoms with Crippen LogP contribution in [0.2, 0.25) is 0 Å². The molecule has 1 aliphatic heterocycles. The van der Waals surface area contributed by atoms with Crippen LogP contribution in [-0.2, 0) is 19.5 Å². The van der Waals surface area contributed by atoms with Crippen molar-refractivity contribution in [3.05, 3.63) is 60.2 Å². The largest absolute Gasteiger partial charge is 0.306 e. The molecule has 7 nitrogen and oxygen atoms in total. The first-order chi connectivity index (χ1) is 12.8. The molecule has 1 atom stereocenters. The average molecular weight is 351 g/mol. The van der Waals surface area contributed by atoms with E-state index in [0.29, 0.717) is 12.5 Å². The highest BCUT2D eigenvalue weighted by atomic mass is 15.4. The number of aromatic nitrogens is 6. The summed E-state index contributed by atoms with van der Waals surface area (Å²) < 4.78 is 3.89. The first-order valence-electron chi connectivity index (χ1n) is 9.26. The van der Waals surface area contributed by atoms with Crippen LogP contribution in [0.15, 0.2) is 43.0 Å². The minimum atomic E-state index is 0.446. The molecular formula is C19H25N7. The van der Waals surface area contributed by atoms with Crippen LogP contribution in [0.1, 0.15) is 36.0 Å². The van der Waals surface area contributed by atoms with E-state index in [4.69, 9.17) is 10.1 Å². The molecule has 1 aromatic carbocycles. The van der Waals surface area contributed by atoms with Crippen molar-refractivity contribution in [3.8, 4) is 0 Å². The third kappa shape index (κ3) is 3.99. The fourth-order valence-electron chi connectivity index (χ4n) is 3.65. The van der Waals surface area contributed by atoms with E-state index >= 15 is 0 Å². The topological polar surface area (TPSA) is 64.7 Å². The van der Waals surface area contributed by atoms with E-state index in [2.05, 4.69) is 57.0 Å². The molecule has 0 unspecified atom stereocenters. The van der Waals surface area contributed by atoms with Gasteiger partial charge in [-0.1, -0.05) is 30.3 Å². The summed E-state index contributed by atoms with van der Waals surface area (Å²) in [6, 6.07) is 10.6. The summed E-state index contributed by atoms with van der Waals surface area (Å²) in [6.45, 7) is 3.63. The Morgan fingerprint density at radius 2 is 2.08 bits per heavy atom. The highest BCUT2D eigenvalue weighted by Crippen LogP contribution is 2.25. The molecular weight excluding hydrogens is 326 g/mol. The standard InChI is InChI=1S/C19H25N7/c1-24-10-5-8-17(12-24)19-22-18(13-25-15-20-14-21-25)23-26(19)11-9-16-6-3-2-4-7-16/h2-4,6-7,14-15,17H,5,8-13H2,1H3/t17-/m0/s1. The van der Waals surface area contributed by atoms with Crippen LogP contribution in [0.3, 0.4) is 0 Å². The van der Waals surface area contributed by atoms with E-state index in [9.17, 15) is 0 Å². The molecule has 1 aliphatic rings. The summed E-state index contributed by atoms with van der Waals surface area (Å²) in [5, 5.41) is 8.98. The molecule has 0 N–H and O–H groups in total. The molecule has 0 aliphatic carbocycles. The van der Waals surface area contributed by atoms with Crippen LogP contribution in [0.5, 0.6) is 0 Å². The lowest BCUT2D eigenvalue weighted by Crippen LogP contribution is -2.32. The molecule has 0 amide bonds. The van der Waals surface area contributed by atoms with Crippen LogP contribution in [-0.4, -0.2) is 54.6 Å². The Morgan fingerprint density at radius 1 is 1.19 bits per heavy atom. The number of benzene rings is 1. The number of rotatable bonds is 6. The van der Waals surface area contributed by atoms with Crippen LogP contribution in [0, 0.1) is 0 Å². The second-order valence-electron chi connectivity index (χ2n) is 7.04. The number of likely N-dealkylation sites (tertiary alicyclic amines) is 1. The summed E-state index contributed by atoms with van der Waals surface area (Å²) in [5.41, 5.74) is 1.33. The SMILES string of the molecule is CN1CCC[C@H](c2nc(Cn3cncn3)nn2CCc2ccccc2)C1. The first-order valence-corrected chi connectivity index (χ1v) is 9.26. The number of hydrogen-bond acceptors (Lipinski definition) is 5. The van der Waals surface area contributed by atoms with Gasteiger partial charge in [-0.3, -0.25) is 0 Å². The van der Waals surface area contributed by atoms with E-state index in [-0.39, 0.29) is 0 Å². The minimum Gasteiger partial charge on any atom is -0.306 e. The molecule has 0 saturated carbocycles. The van der Waals surface area contributed by atoms with E-state index in [0.717, 1.165) is 31.2 Å². The van der Waals surface area contributed by atoms with Crippen molar-refractivity contribution in [2.24, 2.45) is 0 Å². The molecule has 0 bridgehead atoms. The number of aryl methyl sites for hydroxylation is 2. The Hall–Kier alpha value is -2.54. The van der Waals surface area contributed by atoms with Gasteiger partial charge in [0.2, 0.25) is 0 Å². The zero-order chi connectivity index (χ0) is 17.8. The predicted molar refractivity (Wildman–Crippen MR) is 98.8 cm³/mol. The quantitative estimate of drug-likeness (QED) is 0.679. The molecule has 4 rings (SSSR count). The maximum Gasteiger partial charge on any atom is 0.172 e. The Morgan fingerprint density at radius 3 is 2.85 bits per heavy atom. The van der Waals surface area contributed by atoms with Gasteiger partial charge in [-0.15, -0.1) is 0 Å². The minimum absolute atomic E-state index is 0.446. The monoisotopic (exact) mass is 351 g/mol. The highest BCUT2D eigenvalue weighted by molar-refractivity contribution is 5.15. The summed E-state index contributed by atoms with van der Waals surface area (Å²) in [6.07, 6.45) is 6.60. The van der Waals surface area contributed by atoms with Gasteiger partial charge in [-0.05, 0) is 38.4 Å². The number of likely N-dealkylation sites (N-methyl/N-ethyl adjacent to an activating group) is 1. The molecule has 1 saturated heterocycles. The maximum atomic E-state index is 4.89. The van der Waals surface area contributed by atoms with Gasteiger partial charge in [0.15, 0.2) is 5.82 Å². The van der Waals surface area contributed by atoms with Crippen molar-refractivity contribution < 1.29 is 0 Å². The normalized spacial score (nSPS) is 18.3. The lowest BCUT2D eigenvalue weighted by Gasteiger charge is -2.29. The van der Waals surface area contributed by atoms with Crippen LogP contribution in [0.4, 0.5) is 0 Å². The summed E-state index contributed by atoms with van der Waals surface area (Å²) in [5.74, 6) is 2.37. The summed E-state index contributed by atoms with van der Waals surface area (Å²) in [7, 11) is 2.19. The van der Waals surface area contributed by atoms with Crippen molar-refractivity contribution in [1.29, 1.82) is 0 Å². The number of nitrogens with zero attached hydrogens (tertiary/aromatic N) is 7. The van der Waals surface area contributed by atoms with Crippen LogP contribution < -0.4 is 0 Å². The number of piperidine rings is 1. The van der Waals surface area contributed by atoms with Gasteiger partial charge in [0.25, 0.3) is 0 Å². The average Bonchev–Trinajstić information content (AvgIpc) is 3.31. The Labute approximate surface area is 153 Å². The summed E-state index contributed by atoms with van der Waals surface area (Å²) in [4.78, 5) is 11.3. The van der Waals surface area contributed by atoms with E-state index in [1.54, 1.807) is 17.3 Å². The van der Waals surface area contributed by atoms with Crippen LogP contribution >= 0.6 is 0 Å². The van der Waals surface area contributed by atoms with Gasteiger partial charge in [-0.2, -0.15) is 10.2 Å². The van der Waals surface area contributed by atoms with Gasteiger partial charge in [0.05, 0.1) is 0 Å². The zero-order valence-corrected chi connectivity index (χ0v) is 15.2. The van der Waals surface area contributed by atoms with Gasteiger partial charge >= 0.3 is 0 Å². The molecule has 26 heavy (non-hydrogen) atoms. The van der Waals surface area contributed by atoms with Gasteiger partial charge in [0.1, 0.15) is 25.0 Å². The van der Waals surface area contributed by atoms with E-state index in [1.165, 1.54) is 24.9 Å². The van der Waals surface area contributed by atoms with Gasteiger partial charge in [-0.25, -0.2) is 19.3 Å². The second kappa shape index (κ2) is 7.78. The van der Waals surface area contributed by atoms with E-state index in [1.807, 2.05) is 0 Å². The van der Waals surface area contributed by atoms with Crippen molar-refractivity contribution in [2.45, 2.75) is 38.3 Å². The molecule has 1 fully saturated rings. The lowest BCUT2D eigenvalue weighted by molar-refractivity contribution is 0.241. The molecule has 0 spiro atoms. The zero-order valence-electron chi connectivity index (χ0n) is 15.2. The van der Waals surface area contributed by atoms with Gasteiger partial charge in [0, 0.05) is 19.0 Å². The predicted octanol–water partition coefficient (Wildman–Crippen LogP) is 1.97. The molecule has 136 valence electrons. The van der Waals surface area contributed by atoms with Crippen molar-refractivity contribution in [3.63, 3.8) is 0 Å². The Kier molecular flexibility index (Phi) is 5.06. The molecule has 2 aromatic heterocycles. The number of hydrogen-bond donors (Lipinski definition) is 0. The van der Waals surface area contributed by atoms with Crippen molar-refractivity contribution >= 4 is 0 Å². The lowest BCUT2D eigenvalue weighted by atomic mass is 9.97. The van der Waals surface area contributed by atoms with Crippen molar-refractivity contribution in [1.82, 2.24) is 34.4 Å². The third-order valence-electron chi connectivity index (χ3n) is 4.96. The van der Waals surface area contributed by atoms with Crippen LogP contribution in [0.25, 0.3) is 0 Å². The Bertz CT molecular complexity index is 810. The fourth-order valence-corrected chi connectivity index (χ4v) is 3.65. The molecule has 3 aromatic rings. The van der Waals surface area contributed by atoms with E-state index < -0.39 is 0 Å². The second-order valence-corrected chi connectivity index (χ2v) is 7.04. The molecule has 0 radical (unpaired) electrons. The van der Waals surface area contributed by atoms with Crippen molar-refractivity contribution in [2.75, 3.05) is 20.1 Å². The Balaban J connectivity index is 1.55. The smallest absolute Gasteiger partial charge is 0.172 e.